The lowest BCUT2D eigenvalue weighted by Crippen LogP contribution is -2.61. The van der Waals surface area contributed by atoms with Gasteiger partial charge in [0.1, 0.15) is 0 Å². The summed E-state index contributed by atoms with van der Waals surface area (Å²) >= 11 is 0. The second-order valence-electron chi connectivity index (χ2n) is 24.7. The van der Waals surface area contributed by atoms with Gasteiger partial charge in [0.05, 0.1) is 5.69 Å². The lowest BCUT2D eigenvalue weighted by Gasteiger charge is -2.46. The molecular weight excluding hydrogens is 796 g/mol. The minimum atomic E-state index is -0.119. The summed E-state index contributed by atoms with van der Waals surface area (Å²) in [6.07, 6.45) is 2.16. The van der Waals surface area contributed by atoms with E-state index in [2.05, 4.69) is 246 Å². The molecule has 3 heteroatoms. The van der Waals surface area contributed by atoms with Gasteiger partial charge in [0.25, 0.3) is 6.71 Å². The van der Waals surface area contributed by atoms with E-state index >= 15 is 0 Å². The molecule has 2 heterocycles. The van der Waals surface area contributed by atoms with E-state index in [0.717, 1.165) is 12.8 Å². The smallest absolute Gasteiger partial charge is 0.252 e. The molecule has 7 aromatic rings. The second kappa shape index (κ2) is 15.1. The molecule has 2 nitrogen and oxygen atoms in total. The summed E-state index contributed by atoms with van der Waals surface area (Å²) in [5, 5.41) is 0. The Balaban J connectivity index is 1.35. The molecule has 0 amide bonds. The van der Waals surface area contributed by atoms with Crippen LogP contribution in [0.1, 0.15) is 130 Å². The van der Waals surface area contributed by atoms with Gasteiger partial charge in [-0.25, -0.2) is 0 Å². The van der Waals surface area contributed by atoms with E-state index < -0.39 is 0 Å². The Labute approximate surface area is 397 Å². The Bertz CT molecular complexity index is 3030. The molecular formula is C63H69BN2. The van der Waals surface area contributed by atoms with Crippen LogP contribution in [-0.2, 0) is 34.5 Å². The Morgan fingerprint density at radius 1 is 0.394 bits per heavy atom. The molecule has 66 heavy (non-hydrogen) atoms. The first kappa shape index (κ1) is 44.1. The van der Waals surface area contributed by atoms with Crippen molar-refractivity contribution < 1.29 is 0 Å². The summed E-state index contributed by atoms with van der Waals surface area (Å²) < 4.78 is 0. The topological polar surface area (TPSA) is 6.48 Å². The van der Waals surface area contributed by atoms with Gasteiger partial charge in [-0.05, 0) is 155 Å². The maximum atomic E-state index is 2.70. The molecule has 0 unspecified atom stereocenters. The number of benzene rings is 7. The standard InChI is InChI=1S/C63H69BN2/c1-59(2,3)43-24-28-47(29-25-43)65-54-31-27-45(61(7,8)9)35-52(54)64-51-32-41-38-63(13,14)39-42(41)33-55(51)66(57-37-46(62(10,11)12)36-56(65)58(57)64)53-30-26-44(60(4,5)6)34-50(53)49-23-19-18-22-48(49)40-20-16-15-17-21-40/h15-37H,38-39H2,1-14H3. The first-order valence-corrected chi connectivity index (χ1v) is 24.5. The van der Waals surface area contributed by atoms with E-state index in [1.807, 2.05) is 0 Å². The summed E-state index contributed by atoms with van der Waals surface area (Å²) in [5.41, 5.74) is 25.1. The molecule has 2 aliphatic heterocycles. The van der Waals surface area contributed by atoms with Crippen LogP contribution >= 0.6 is 0 Å². The zero-order chi connectivity index (χ0) is 46.9. The van der Waals surface area contributed by atoms with Gasteiger partial charge in [0, 0.05) is 34.0 Å². The molecule has 0 aromatic heterocycles. The largest absolute Gasteiger partial charge is 0.311 e. The van der Waals surface area contributed by atoms with E-state index in [0.29, 0.717) is 0 Å². The highest BCUT2D eigenvalue weighted by Gasteiger charge is 2.46. The third-order valence-electron chi connectivity index (χ3n) is 14.9. The molecule has 0 N–H and O–H groups in total. The third kappa shape index (κ3) is 7.51. The lowest BCUT2D eigenvalue weighted by atomic mass is 9.33. The normalized spacial score (nSPS) is 15.3. The van der Waals surface area contributed by atoms with Crippen molar-refractivity contribution in [2.24, 2.45) is 5.41 Å². The summed E-state index contributed by atoms with van der Waals surface area (Å²) in [6.45, 7) is 33.1. The SMILES string of the molecule is CC1(C)Cc2cc3c(cc2C1)N(c1ccc(C(C)(C)C)cc1-c1ccccc1-c1ccccc1)c1cc(C(C)(C)C)cc2c1B3c1cc(C(C)(C)C)ccc1N2c1ccc(C(C)(C)C)cc1. The maximum Gasteiger partial charge on any atom is 0.252 e. The van der Waals surface area contributed by atoms with Gasteiger partial charge in [-0.1, -0.05) is 188 Å². The van der Waals surface area contributed by atoms with Crippen LogP contribution in [0.3, 0.4) is 0 Å². The zero-order valence-electron chi connectivity index (χ0n) is 42.2. The first-order chi connectivity index (χ1) is 31.0. The average Bonchev–Trinajstić information content (AvgIpc) is 3.56. The fourth-order valence-corrected chi connectivity index (χ4v) is 11.1. The number of anilines is 6. The Morgan fingerprint density at radius 3 is 1.50 bits per heavy atom. The molecule has 0 spiro atoms. The molecule has 0 saturated carbocycles. The van der Waals surface area contributed by atoms with Crippen molar-refractivity contribution in [1.82, 2.24) is 0 Å². The molecule has 1 aliphatic carbocycles. The van der Waals surface area contributed by atoms with Crippen molar-refractivity contribution in [2.75, 3.05) is 9.80 Å². The molecule has 0 fully saturated rings. The minimum Gasteiger partial charge on any atom is -0.311 e. The fraction of sp³-hybridized carbons (Fsp3) is 0.333. The number of hydrogen-bond acceptors (Lipinski definition) is 2. The highest BCUT2D eigenvalue weighted by Crippen LogP contribution is 2.51. The van der Waals surface area contributed by atoms with Crippen LogP contribution in [0.5, 0.6) is 0 Å². The van der Waals surface area contributed by atoms with Gasteiger partial charge in [-0.3, -0.25) is 0 Å². The quantitative estimate of drug-likeness (QED) is 0.163. The first-order valence-electron chi connectivity index (χ1n) is 24.5. The lowest BCUT2D eigenvalue weighted by molar-refractivity contribution is 0.392. The van der Waals surface area contributed by atoms with E-state index in [1.54, 1.807) is 0 Å². The summed E-state index contributed by atoms with van der Waals surface area (Å²) in [7, 11) is 0. The average molecular weight is 865 g/mol. The van der Waals surface area contributed by atoms with E-state index in [1.165, 1.54) is 106 Å². The Hall–Kier alpha value is -5.80. The van der Waals surface area contributed by atoms with Crippen LogP contribution < -0.4 is 26.2 Å². The number of hydrogen-bond donors (Lipinski definition) is 0. The van der Waals surface area contributed by atoms with Crippen LogP contribution in [-0.4, -0.2) is 6.71 Å². The van der Waals surface area contributed by atoms with Crippen molar-refractivity contribution >= 4 is 57.2 Å². The molecule has 0 radical (unpaired) electrons. The van der Waals surface area contributed by atoms with Crippen molar-refractivity contribution in [3.8, 4) is 22.3 Å². The predicted octanol–water partition coefficient (Wildman–Crippen LogP) is 15.4. The predicted molar refractivity (Wildman–Crippen MR) is 287 cm³/mol. The third-order valence-corrected chi connectivity index (χ3v) is 14.9. The van der Waals surface area contributed by atoms with Gasteiger partial charge < -0.3 is 9.80 Å². The molecule has 3 aliphatic rings. The number of nitrogens with zero attached hydrogens (tertiary/aromatic N) is 2. The van der Waals surface area contributed by atoms with Gasteiger partial charge in [0.15, 0.2) is 0 Å². The van der Waals surface area contributed by atoms with Gasteiger partial charge >= 0.3 is 0 Å². The Kier molecular flexibility index (Phi) is 10.1. The molecule has 0 atom stereocenters. The molecule has 10 rings (SSSR count). The van der Waals surface area contributed by atoms with Crippen LogP contribution in [0.15, 0.2) is 140 Å². The van der Waals surface area contributed by atoms with Gasteiger partial charge in [-0.2, -0.15) is 0 Å². The van der Waals surface area contributed by atoms with Gasteiger partial charge in [-0.15, -0.1) is 0 Å². The van der Waals surface area contributed by atoms with Crippen molar-refractivity contribution in [2.45, 2.75) is 131 Å². The second-order valence-corrected chi connectivity index (χ2v) is 24.7. The summed E-state index contributed by atoms with van der Waals surface area (Å²) in [6, 6.07) is 54.6. The fourth-order valence-electron chi connectivity index (χ4n) is 11.1. The van der Waals surface area contributed by atoms with E-state index in [4.69, 9.17) is 0 Å². The zero-order valence-corrected chi connectivity index (χ0v) is 42.2. The van der Waals surface area contributed by atoms with Crippen LogP contribution in [0.4, 0.5) is 34.1 Å². The van der Waals surface area contributed by atoms with Crippen LogP contribution in [0, 0.1) is 5.41 Å². The van der Waals surface area contributed by atoms with Crippen LogP contribution in [0.2, 0.25) is 0 Å². The monoisotopic (exact) mass is 865 g/mol. The minimum absolute atomic E-state index is 0.0191. The summed E-state index contributed by atoms with van der Waals surface area (Å²) in [4.78, 5) is 5.31. The Morgan fingerprint density at radius 2 is 0.894 bits per heavy atom. The van der Waals surface area contributed by atoms with Crippen molar-refractivity contribution in [1.29, 1.82) is 0 Å². The van der Waals surface area contributed by atoms with E-state index in [9.17, 15) is 0 Å². The highest BCUT2D eigenvalue weighted by atomic mass is 15.2. The molecule has 334 valence electrons. The molecule has 0 saturated heterocycles. The number of fused-ring (bicyclic) bond motifs is 5. The van der Waals surface area contributed by atoms with E-state index in [-0.39, 0.29) is 33.8 Å². The maximum absolute atomic E-state index is 2.70. The van der Waals surface area contributed by atoms with Gasteiger partial charge in [0.2, 0.25) is 0 Å². The molecule has 7 aromatic carbocycles. The van der Waals surface area contributed by atoms with Crippen LogP contribution in [0.25, 0.3) is 22.3 Å². The summed E-state index contributed by atoms with van der Waals surface area (Å²) in [5.74, 6) is 0. The highest BCUT2D eigenvalue weighted by molar-refractivity contribution is 7.00. The van der Waals surface area contributed by atoms with Crippen molar-refractivity contribution in [3.05, 3.63) is 173 Å². The molecule has 0 bridgehead atoms. The number of rotatable bonds is 4. The van der Waals surface area contributed by atoms with Crippen molar-refractivity contribution in [3.63, 3.8) is 0 Å².